The number of anilines is 2. The highest BCUT2D eigenvalue weighted by Gasteiger charge is 2.29. The summed E-state index contributed by atoms with van der Waals surface area (Å²) in [6, 6.07) is 2.62. The van der Waals surface area contributed by atoms with Crippen molar-refractivity contribution in [3.8, 4) is 6.07 Å². The summed E-state index contributed by atoms with van der Waals surface area (Å²) in [6.45, 7) is 5.45. The molecule has 3 heterocycles. The minimum atomic E-state index is -0.193. The minimum Gasteiger partial charge on any atom is -0.327 e. The Bertz CT molecular complexity index is 1020. The molecule has 1 aliphatic heterocycles. The summed E-state index contributed by atoms with van der Waals surface area (Å²) in [5.74, 6) is 0.201. The van der Waals surface area contributed by atoms with Gasteiger partial charge in [0.2, 0.25) is 16.9 Å². The third-order valence-corrected chi connectivity index (χ3v) is 7.26. The van der Waals surface area contributed by atoms with Crippen LogP contribution in [0.1, 0.15) is 61.4 Å². The molecular weight excluding hydrogens is 426 g/mol. The van der Waals surface area contributed by atoms with Gasteiger partial charge in [0.05, 0.1) is 18.0 Å². The highest BCUT2D eigenvalue weighted by atomic mass is 32.1. The maximum Gasteiger partial charge on any atom is 0.239 e. The van der Waals surface area contributed by atoms with Crippen molar-refractivity contribution in [2.24, 2.45) is 5.92 Å². The molecule has 0 aromatic carbocycles. The van der Waals surface area contributed by atoms with Gasteiger partial charge in [-0.15, -0.1) is 10.2 Å². The number of nitrogens with one attached hydrogen (secondary N) is 2. The average molecular weight is 456 g/mol. The first-order chi connectivity index (χ1) is 15.5. The lowest BCUT2D eigenvalue weighted by molar-refractivity contribution is -0.123. The smallest absolute Gasteiger partial charge is 0.239 e. The maximum absolute atomic E-state index is 13.0. The molecule has 10 heteroatoms. The number of hydrogen-bond donors (Lipinski definition) is 2. The van der Waals surface area contributed by atoms with E-state index in [0.29, 0.717) is 29.1 Å². The van der Waals surface area contributed by atoms with E-state index in [9.17, 15) is 14.9 Å². The quantitative estimate of drug-likeness (QED) is 0.691. The Morgan fingerprint density at radius 2 is 2.00 bits per heavy atom. The molecule has 2 amide bonds. The van der Waals surface area contributed by atoms with Gasteiger partial charge in [-0.1, -0.05) is 24.2 Å². The number of amides is 2. The highest BCUT2D eigenvalue weighted by Crippen LogP contribution is 2.37. The normalized spacial score (nSPS) is 19.6. The molecule has 4 rings (SSSR count). The van der Waals surface area contributed by atoms with Gasteiger partial charge < -0.3 is 15.2 Å². The van der Waals surface area contributed by atoms with Crippen LogP contribution in [-0.2, 0) is 9.59 Å². The Morgan fingerprint density at radius 3 is 2.69 bits per heavy atom. The van der Waals surface area contributed by atoms with Gasteiger partial charge in [-0.3, -0.25) is 14.5 Å². The van der Waals surface area contributed by atoms with Crippen LogP contribution in [0.3, 0.4) is 0 Å². The molecule has 1 unspecified atom stereocenters. The summed E-state index contributed by atoms with van der Waals surface area (Å²) in [7, 11) is 0. The molecule has 2 fully saturated rings. The first kappa shape index (κ1) is 22.4. The Balaban J connectivity index is 1.42. The third kappa shape index (κ3) is 4.69. The number of carbonyl (C=O) groups excluding carboxylic acids is 2. The summed E-state index contributed by atoms with van der Waals surface area (Å²) in [6.07, 6.45) is 6.11. The molecule has 1 saturated heterocycles. The summed E-state index contributed by atoms with van der Waals surface area (Å²) in [4.78, 5) is 27.6. The standard InChI is InChI=1S/C22H29N7O2S/c1-14-15(2)29(17-7-3-4-8-17)20(18(14)10-23)25-19(30)12-28-9-5-6-16(11-28)21(31)26-22-27-24-13-32-22/h13,16-17H,3-9,11-12H2,1-2H3,(H,25,30)(H,26,27,31). The predicted molar refractivity (Wildman–Crippen MR) is 122 cm³/mol. The molecule has 32 heavy (non-hydrogen) atoms. The van der Waals surface area contributed by atoms with E-state index >= 15 is 0 Å². The van der Waals surface area contributed by atoms with E-state index in [4.69, 9.17) is 0 Å². The molecular formula is C22H29N7O2S. The van der Waals surface area contributed by atoms with Crippen molar-refractivity contribution in [3.63, 3.8) is 0 Å². The fourth-order valence-electron chi connectivity index (χ4n) is 4.93. The van der Waals surface area contributed by atoms with Gasteiger partial charge in [0, 0.05) is 18.3 Å². The molecule has 2 aliphatic rings. The number of nitriles is 1. The molecule has 1 aliphatic carbocycles. The Hall–Kier alpha value is -2.77. The van der Waals surface area contributed by atoms with Gasteiger partial charge in [-0.2, -0.15) is 5.26 Å². The molecule has 0 spiro atoms. The van der Waals surface area contributed by atoms with Crippen molar-refractivity contribution in [3.05, 3.63) is 22.3 Å². The van der Waals surface area contributed by atoms with Crippen LogP contribution in [0.25, 0.3) is 0 Å². The zero-order valence-electron chi connectivity index (χ0n) is 18.6. The molecule has 0 bridgehead atoms. The maximum atomic E-state index is 13.0. The van der Waals surface area contributed by atoms with Crippen molar-refractivity contribution in [1.29, 1.82) is 5.26 Å². The van der Waals surface area contributed by atoms with Crippen LogP contribution in [0, 0.1) is 31.1 Å². The SMILES string of the molecule is Cc1c(C#N)c(NC(=O)CN2CCCC(C(=O)Nc3nncs3)C2)n(C2CCCC2)c1C. The van der Waals surface area contributed by atoms with Crippen LogP contribution < -0.4 is 10.6 Å². The van der Waals surface area contributed by atoms with Crippen LogP contribution >= 0.6 is 11.3 Å². The van der Waals surface area contributed by atoms with Crippen molar-refractivity contribution in [2.75, 3.05) is 30.3 Å². The van der Waals surface area contributed by atoms with Gasteiger partial charge in [-0.05, 0) is 51.6 Å². The largest absolute Gasteiger partial charge is 0.327 e. The summed E-state index contributed by atoms with van der Waals surface area (Å²) in [5.41, 5.74) is 4.11. The number of piperidine rings is 1. The average Bonchev–Trinajstić information content (AvgIpc) is 3.52. The molecule has 2 N–H and O–H groups in total. The van der Waals surface area contributed by atoms with E-state index in [1.807, 2.05) is 18.7 Å². The lowest BCUT2D eigenvalue weighted by Gasteiger charge is -2.31. The molecule has 9 nitrogen and oxygen atoms in total. The van der Waals surface area contributed by atoms with Crippen molar-refractivity contribution < 1.29 is 9.59 Å². The van der Waals surface area contributed by atoms with Crippen LogP contribution in [0.2, 0.25) is 0 Å². The molecule has 2 aromatic rings. The lowest BCUT2D eigenvalue weighted by Crippen LogP contribution is -2.44. The van der Waals surface area contributed by atoms with Crippen LogP contribution in [-0.4, -0.2) is 51.1 Å². The lowest BCUT2D eigenvalue weighted by atomic mass is 9.97. The van der Waals surface area contributed by atoms with Gasteiger partial charge >= 0.3 is 0 Å². The predicted octanol–water partition coefficient (Wildman–Crippen LogP) is 3.23. The minimum absolute atomic E-state index is 0.0833. The monoisotopic (exact) mass is 455 g/mol. The fourth-order valence-corrected chi connectivity index (χ4v) is 5.38. The fraction of sp³-hybridized carbons (Fsp3) is 0.591. The second kappa shape index (κ2) is 9.79. The second-order valence-corrected chi connectivity index (χ2v) is 9.54. The number of likely N-dealkylation sites (tertiary alicyclic amines) is 1. The number of nitrogens with zero attached hydrogens (tertiary/aromatic N) is 5. The van der Waals surface area contributed by atoms with E-state index in [-0.39, 0.29) is 24.3 Å². The molecule has 1 atom stereocenters. The van der Waals surface area contributed by atoms with E-state index in [0.717, 1.165) is 43.5 Å². The van der Waals surface area contributed by atoms with Crippen molar-refractivity contribution in [2.45, 2.75) is 58.4 Å². The zero-order chi connectivity index (χ0) is 22.7. The second-order valence-electron chi connectivity index (χ2n) is 8.71. The summed E-state index contributed by atoms with van der Waals surface area (Å²) < 4.78 is 2.16. The van der Waals surface area contributed by atoms with Gasteiger partial charge in [0.15, 0.2) is 0 Å². The Labute approximate surface area is 191 Å². The van der Waals surface area contributed by atoms with Crippen LogP contribution in [0.5, 0.6) is 0 Å². The summed E-state index contributed by atoms with van der Waals surface area (Å²) in [5, 5.41) is 23.7. The number of aromatic nitrogens is 3. The van der Waals surface area contributed by atoms with E-state index in [1.165, 1.54) is 24.2 Å². The number of hydrogen-bond acceptors (Lipinski definition) is 7. The number of carbonyl (C=O) groups is 2. The first-order valence-electron chi connectivity index (χ1n) is 11.2. The Morgan fingerprint density at radius 1 is 1.22 bits per heavy atom. The molecule has 170 valence electrons. The van der Waals surface area contributed by atoms with Gasteiger partial charge in [0.1, 0.15) is 17.4 Å². The summed E-state index contributed by atoms with van der Waals surface area (Å²) >= 11 is 1.29. The van der Waals surface area contributed by atoms with Crippen molar-refractivity contribution in [1.82, 2.24) is 19.7 Å². The van der Waals surface area contributed by atoms with Gasteiger partial charge in [0.25, 0.3) is 0 Å². The zero-order valence-corrected chi connectivity index (χ0v) is 19.4. The molecule has 1 saturated carbocycles. The van der Waals surface area contributed by atoms with E-state index in [2.05, 4.69) is 31.5 Å². The topological polar surface area (TPSA) is 116 Å². The molecule has 2 aromatic heterocycles. The van der Waals surface area contributed by atoms with Gasteiger partial charge in [-0.25, -0.2) is 0 Å². The van der Waals surface area contributed by atoms with E-state index in [1.54, 1.807) is 5.51 Å². The third-order valence-electron chi connectivity index (χ3n) is 6.65. The highest BCUT2D eigenvalue weighted by molar-refractivity contribution is 7.13. The van der Waals surface area contributed by atoms with Crippen LogP contribution in [0.4, 0.5) is 10.9 Å². The van der Waals surface area contributed by atoms with E-state index < -0.39 is 0 Å². The Kier molecular flexibility index (Phi) is 6.86. The number of rotatable bonds is 6. The van der Waals surface area contributed by atoms with Crippen molar-refractivity contribution >= 4 is 34.1 Å². The first-order valence-corrected chi connectivity index (χ1v) is 12.1. The molecule has 0 radical (unpaired) electrons. The van der Waals surface area contributed by atoms with Crippen LogP contribution in [0.15, 0.2) is 5.51 Å².